The molecule has 13 nitrogen and oxygen atoms in total. The van der Waals surface area contributed by atoms with Crippen LogP contribution in [0.15, 0.2) is 66.7 Å². The zero-order valence-electron chi connectivity index (χ0n) is 27.1. The van der Waals surface area contributed by atoms with Gasteiger partial charge in [0.1, 0.15) is 17.5 Å². The molecule has 1 atom stereocenters. The summed E-state index contributed by atoms with van der Waals surface area (Å²) < 4.78 is 21.4. The number of benzene rings is 3. The average molecular weight is 660 g/mol. The monoisotopic (exact) mass is 659 g/mol. The molecule has 48 heavy (non-hydrogen) atoms. The fourth-order valence-electron chi connectivity index (χ4n) is 4.95. The Hall–Kier alpha value is -5.72. The van der Waals surface area contributed by atoms with E-state index < -0.39 is 54.8 Å². The van der Waals surface area contributed by atoms with E-state index in [1.807, 2.05) is 0 Å². The molecule has 3 aromatic rings. The SMILES string of the molecule is CCOc1ccccc1NC(=O)COC(=O)c1ccc2c(c1)C(=O)N(C(CC(C)C)C(=O)OCC(=O)Nc1ccccc1OCC)C2=O. The molecule has 0 saturated carbocycles. The summed E-state index contributed by atoms with van der Waals surface area (Å²) in [6, 6.07) is 16.0. The number of rotatable bonds is 15. The average Bonchev–Trinajstić information content (AvgIpc) is 3.31. The van der Waals surface area contributed by atoms with Crippen LogP contribution in [0.5, 0.6) is 11.5 Å². The van der Waals surface area contributed by atoms with Crippen molar-refractivity contribution in [2.24, 2.45) is 5.92 Å². The van der Waals surface area contributed by atoms with Gasteiger partial charge in [-0.2, -0.15) is 0 Å². The lowest BCUT2D eigenvalue weighted by atomic mass is 10.0. The minimum Gasteiger partial charge on any atom is -0.492 e. The highest BCUT2D eigenvalue weighted by Crippen LogP contribution is 2.29. The topological polar surface area (TPSA) is 167 Å². The minimum atomic E-state index is -1.33. The molecule has 1 aliphatic heterocycles. The Morgan fingerprint density at radius 3 is 1.77 bits per heavy atom. The van der Waals surface area contributed by atoms with Gasteiger partial charge in [0.25, 0.3) is 23.6 Å². The Kier molecular flexibility index (Phi) is 11.9. The maximum Gasteiger partial charge on any atom is 0.338 e. The van der Waals surface area contributed by atoms with Crippen molar-refractivity contribution in [1.82, 2.24) is 4.90 Å². The number of hydrogen-bond acceptors (Lipinski definition) is 10. The molecule has 0 bridgehead atoms. The van der Waals surface area contributed by atoms with Crippen LogP contribution in [0.4, 0.5) is 11.4 Å². The Labute approximate surface area is 277 Å². The highest BCUT2D eigenvalue weighted by molar-refractivity contribution is 6.23. The standard InChI is InChI=1S/C35H37N3O10/c1-5-45-28-13-9-7-11-25(28)36-30(39)19-47-34(43)22-15-16-23-24(18-22)33(42)38(32(23)41)27(17-21(3)4)35(44)48-20-31(40)37-26-12-8-10-14-29(26)46-6-2/h7-16,18,21,27H,5-6,17,19-20H2,1-4H3,(H,36,39)(H,37,40). The third kappa shape index (κ3) is 8.55. The van der Waals surface area contributed by atoms with E-state index in [-0.39, 0.29) is 29.0 Å². The van der Waals surface area contributed by atoms with E-state index in [4.69, 9.17) is 18.9 Å². The zero-order valence-corrected chi connectivity index (χ0v) is 27.1. The van der Waals surface area contributed by atoms with E-state index in [0.717, 1.165) is 4.90 Å². The summed E-state index contributed by atoms with van der Waals surface area (Å²) in [7, 11) is 0. The number of anilines is 2. The molecule has 0 aromatic heterocycles. The summed E-state index contributed by atoms with van der Waals surface area (Å²) in [5, 5.41) is 5.24. The molecular weight excluding hydrogens is 622 g/mol. The van der Waals surface area contributed by atoms with E-state index in [0.29, 0.717) is 36.1 Å². The second-order valence-corrected chi connectivity index (χ2v) is 11.0. The molecule has 3 aromatic carbocycles. The molecule has 13 heteroatoms. The predicted octanol–water partition coefficient (Wildman–Crippen LogP) is 4.47. The van der Waals surface area contributed by atoms with Gasteiger partial charge in [-0.1, -0.05) is 38.1 Å². The van der Waals surface area contributed by atoms with Crippen molar-refractivity contribution in [2.75, 3.05) is 37.1 Å². The second kappa shape index (κ2) is 16.2. The van der Waals surface area contributed by atoms with E-state index >= 15 is 0 Å². The first-order valence-electron chi connectivity index (χ1n) is 15.4. The zero-order chi connectivity index (χ0) is 34.8. The molecular formula is C35H37N3O10. The fourth-order valence-corrected chi connectivity index (χ4v) is 4.95. The number of nitrogens with zero attached hydrogens (tertiary/aromatic N) is 1. The summed E-state index contributed by atoms with van der Waals surface area (Å²) in [5.41, 5.74) is 0.585. The summed E-state index contributed by atoms with van der Waals surface area (Å²) in [6.45, 7) is 6.68. The number of fused-ring (bicyclic) bond motifs is 1. The van der Waals surface area contributed by atoms with Crippen LogP contribution >= 0.6 is 0 Å². The van der Waals surface area contributed by atoms with Crippen molar-refractivity contribution in [3.63, 3.8) is 0 Å². The molecule has 1 unspecified atom stereocenters. The van der Waals surface area contributed by atoms with Crippen molar-refractivity contribution in [3.8, 4) is 11.5 Å². The van der Waals surface area contributed by atoms with Crippen molar-refractivity contribution in [3.05, 3.63) is 83.4 Å². The smallest absolute Gasteiger partial charge is 0.338 e. The summed E-state index contributed by atoms with van der Waals surface area (Å²) in [5.74, 6) is -3.91. The quantitative estimate of drug-likeness (QED) is 0.176. The summed E-state index contributed by atoms with van der Waals surface area (Å²) in [4.78, 5) is 78.8. The normalized spacial score (nSPS) is 12.6. The predicted molar refractivity (Wildman–Crippen MR) is 174 cm³/mol. The number of ether oxygens (including phenoxy) is 4. The van der Waals surface area contributed by atoms with Crippen LogP contribution in [0.1, 0.15) is 65.2 Å². The van der Waals surface area contributed by atoms with Gasteiger partial charge in [-0.3, -0.25) is 24.1 Å². The minimum absolute atomic E-state index is 0.0198. The largest absolute Gasteiger partial charge is 0.492 e. The summed E-state index contributed by atoms with van der Waals surface area (Å²) in [6.07, 6.45) is 0.0650. The maximum atomic E-state index is 13.5. The van der Waals surface area contributed by atoms with Crippen LogP contribution in [0.3, 0.4) is 0 Å². The highest BCUT2D eigenvalue weighted by atomic mass is 16.5. The van der Waals surface area contributed by atoms with E-state index in [9.17, 15) is 28.8 Å². The first-order valence-corrected chi connectivity index (χ1v) is 15.4. The Morgan fingerprint density at radius 2 is 1.23 bits per heavy atom. The highest BCUT2D eigenvalue weighted by Gasteiger charge is 2.44. The van der Waals surface area contributed by atoms with Gasteiger partial charge in [-0.05, 0) is 68.7 Å². The van der Waals surface area contributed by atoms with Crippen LogP contribution in [-0.2, 0) is 23.9 Å². The number of para-hydroxylation sites is 4. The number of esters is 2. The molecule has 2 N–H and O–H groups in total. The number of nitrogens with one attached hydrogen (secondary N) is 2. The Balaban J connectivity index is 1.41. The maximum absolute atomic E-state index is 13.5. The van der Waals surface area contributed by atoms with Gasteiger partial charge in [-0.25, -0.2) is 9.59 Å². The van der Waals surface area contributed by atoms with Crippen molar-refractivity contribution < 1.29 is 47.7 Å². The third-order valence-corrected chi connectivity index (χ3v) is 7.03. The Bertz CT molecular complexity index is 1700. The molecule has 0 radical (unpaired) electrons. The van der Waals surface area contributed by atoms with Crippen LogP contribution in [0, 0.1) is 5.92 Å². The number of carbonyl (C=O) groups excluding carboxylic acids is 6. The molecule has 0 fully saturated rings. The second-order valence-electron chi connectivity index (χ2n) is 11.0. The third-order valence-electron chi connectivity index (χ3n) is 7.03. The Morgan fingerprint density at radius 1 is 0.708 bits per heavy atom. The number of imide groups is 1. The van der Waals surface area contributed by atoms with Gasteiger partial charge in [0.05, 0.1) is 41.3 Å². The van der Waals surface area contributed by atoms with Crippen molar-refractivity contribution >= 4 is 46.9 Å². The van der Waals surface area contributed by atoms with Gasteiger partial charge < -0.3 is 29.6 Å². The van der Waals surface area contributed by atoms with E-state index in [1.54, 1.807) is 76.2 Å². The van der Waals surface area contributed by atoms with Gasteiger partial charge in [0.15, 0.2) is 13.2 Å². The lowest BCUT2D eigenvalue weighted by Gasteiger charge is -2.25. The molecule has 1 heterocycles. The van der Waals surface area contributed by atoms with Gasteiger partial charge in [0.2, 0.25) is 0 Å². The first-order chi connectivity index (χ1) is 23.0. The van der Waals surface area contributed by atoms with Crippen LogP contribution in [0.2, 0.25) is 0 Å². The molecule has 0 saturated heterocycles. The molecule has 4 amide bonds. The fraction of sp³-hybridized carbons (Fsp3) is 0.314. The summed E-state index contributed by atoms with van der Waals surface area (Å²) >= 11 is 0. The number of carbonyl (C=O) groups is 6. The van der Waals surface area contributed by atoms with E-state index in [1.165, 1.54) is 18.2 Å². The lowest BCUT2D eigenvalue weighted by molar-refractivity contribution is -0.151. The first kappa shape index (κ1) is 35.1. The van der Waals surface area contributed by atoms with Crippen LogP contribution in [0.25, 0.3) is 0 Å². The van der Waals surface area contributed by atoms with Crippen LogP contribution < -0.4 is 20.1 Å². The molecule has 252 valence electrons. The lowest BCUT2D eigenvalue weighted by Crippen LogP contribution is -2.46. The van der Waals surface area contributed by atoms with E-state index in [2.05, 4.69) is 10.6 Å². The molecule has 4 rings (SSSR count). The molecule has 0 spiro atoms. The van der Waals surface area contributed by atoms with Crippen LogP contribution in [-0.4, -0.2) is 72.9 Å². The van der Waals surface area contributed by atoms with Gasteiger partial charge >= 0.3 is 11.9 Å². The molecule has 0 aliphatic carbocycles. The van der Waals surface area contributed by atoms with Crippen molar-refractivity contribution in [2.45, 2.75) is 40.2 Å². The number of amides is 4. The van der Waals surface area contributed by atoms with Crippen molar-refractivity contribution in [1.29, 1.82) is 0 Å². The number of hydrogen-bond donors (Lipinski definition) is 2. The van der Waals surface area contributed by atoms with Gasteiger partial charge in [0, 0.05) is 0 Å². The van der Waals surface area contributed by atoms with Gasteiger partial charge in [-0.15, -0.1) is 0 Å². The molecule has 1 aliphatic rings.